The molecular formula is C29H33BrClN3O7. The van der Waals surface area contributed by atoms with Gasteiger partial charge in [0.05, 0.1) is 23.2 Å². The fraction of sp³-hybridized carbons (Fsp3) is 0.517. The van der Waals surface area contributed by atoms with Crippen LogP contribution in [0, 0.1) is 11.8 Å². The standard InChI is InChI=1S/C29H33BrClN3O7/c1-17-16-32-21(36)11-3-2-6-12-33(20-10-5-4-9-19(20)31)27(38)25-29-15-18(30)24(41-29)22(28(39)40-17)23(29)26(37)34(25)13-7-8-14-35/h2,4-6,9-10,15,17,22-25,35H,3,7-8,11-14,16H2,1H3,(H,32,36)/b6-2-/t17-,22+,23-,24+,25+,29-/m1/s1. The SMILES string of the molecule is C[C@@H]1CNC(=O)CC/C=C\CN(c2ccccc2Cl)C(=O)[C@@H]2N(CCCCO)C(=O)[C@H]3[C@H](C(=O)O1)[C@H]1O[C@@]23C=C1Br. The van der Waals surface area contributed by atoms with Crippen LogP contribution in [-0.2, 0) is 28.7 Å². The fourth-order valence-corrected chi connectivity index (χ4v) is 7.18. The molecule has 4 heterocycles. The Labute approximate surface area is 251 Å². The normalized spacial score (nSPS) is 33.0. The highest BCUT2D eigenvalue weighted by Crippen LogP contribution is 2.59. The highest BCUT2D eigenvalue weighted by Gasteiger charge is 2.74. The van der Waals surface area contributed by atoms with Crippen molar-refractivity contribution >= 4 is 56.9 Å². The number of amides is 3. The lowest BCUT2D eigenvalue weighted by Gasteiger charge is -2.36. The average molecular weight is 651 g/mol. The van der Waals surface area contributed by atoms with Crippen molar-refractivity contribution in [2.24, 2.45) is 11.8 Å². The summed E-state index contributed by atoms with van der Waals surface area (Å²) in [5.74, 6) is -3.57. The summed E-state index contributed by atoms with van der Waals surface area (Å²) in [7, 11) is 0. The Morgan fingerprint density at radius 2 is 1.93 bits per heavy atom. The van der Waals surface area contributed by atoms with Gasteiger partial charge in [0.2, 0.25) is 11.8 Å². The van der Waals surface area contributed by atoms with Crippen LogP contribution in [0.25, 0.3) is 0 Å². The quantitative estimate of drug-likeness (QED) is 0.285. The minimum atomic E-state index is -1.41. The number of aliphatic hydroxyl groups excluding tert-OH is 1. The van der Waals surface area contributed by atoms with Crippen LogP contribution in [0.1, 0.15) is 32.6 Å². The van der Waals surface area contributed by atoms with Crippen LogP contribution in [0.4, 0.5) is 5.69 Å². The van der Waals surface area contributed by atoms with E-state index in [-0.39, 0.29) is 44.5 Å². The first kappa shape index (κ1) is 29.8. The Hall–Kier alpha value is -2.73. The highest BCUT2D eigenvalue weighted by atomic mass is 79.9. The van der Waals surface area contributed by atoms with E-state index in [1.165, 1.54) is 9.80 Å². The number of fused-ring (bicyclic) bond motifs is 2. The molecule has 1 aromatic rings. The minimum Gasteiger partial charge on any atom is -0.460 e. The van der Waals surface area contributed by atoms with Gasteiger partial charge in [-0.1, -0.05) is 51.8 Å². The number of nitrogens with one attached hydrogen (secondary N) is 1. The smallest absolute Gasteiger partial charge is 0.313 e. The third kappa shape index (κ3) is 5.45. The van der Waals surface area contributed by atoms with Gasteiger partial charge in [0.25, 0.3) is 5.91 Å². The number of aliphatic hydroxyl groups is 1. The van der Waals surface area contributed by atoms with Crippen LogP contribution in [-0.4, -0.2) is 83.8 Å². The number of carbonyl (C=O) groups is 4. The molecule has 2 N–H and O–H groups in total. The van der Waals surface area contributed by atoms with Gasteiger partial charge >= 0.3 is 5.97 Å². The predicted octanol–water partition coefficient (Wildman–Crippen LogP) is 2.72. The molecule has 4 aliphatic heterocycles. The van der Waals surface area contributed by atoms with Crippen molar-refractivity contribution in [1.82, 2.24) is 10.2 Å². The van der Waals surface area contributed by atoms with Gasteiger partial charge in [-0.15, -0.1) is 0 Å². The number of ether oxygens (including phenoxy) is 2. The van der Waals surface area contributed by atoms with Crippen LogP contribution in [0.5, 0.6) is 0 Å². The fourth-order valence-electron chi connectivity index (χ4n) is 6.20. The molecular weight excluding hydrogens is 618 g/mol. The Morgan fingerprint density at radius 1 is 1.15 bits per heavy atom. The molecule has 41 heavy (non-hydrogen) atoms. The molecule has 220 valence electrons. The summed E-state index contributed by atoms with van der Waals surface area (Å²) in [6.45, 7) is 2.08. The van der Waals surface area contributed by atoms with Gasteiger partial charge in [0.15, 0.2) is 0 Å². The van der Waals surface area contributed by atoms with Crippen LogP contribution in [0.15, 0.2) is 47.0 Å². The molecule has 6 atom stereocenters. The van der Waals surface area contributed by atoms with Gasteiger partial charge < -0.3 is 29.7 Å². The maximum atomic E-state index is 14.6. The Kier molecular flexibility index (Phi) is 8.89. The summed E-state index contributed by atoms with van der Waals surface area (Å²) in [5, 5.41) is 12.5. The first-order valence-electron chi connectivity index (χ1n) is 13.8. The van der Waals surface area contributed by atoms with E-state index in [4.69, 9.17) is 21.1 Å². The maximum Gasteiger partial charge on any atom is 0.313 e. The number of hydrogen-bond donors (Lipinski definition) is 2. The predicted molar refractivity (Wildman–Crippen MR) is 154 cm³/mol. The third-order valence-corrected chi connectivity index (χ3v) is 9.04. The molecule has 12 heteroatoms. The molecule has 0 radical (unpaired) electrons. The second-order valence-electron chi connectivity index (χ2n) is 10.8. The van der Waals surface area contributed by atoms with E-state index in [1.807, 2.05) is 6.08 Å². The lowest BCUT2D eigenvalue weighted by Crippen LogP contribution is -2.56. The third-order valence-electron chi connectivity index (χ3n) is 8.05. The number of cyclic esters (lactones) is 1. The van der Waals surface area contributed by atoms with Crippen LogP contribution in [0.2, 0.25) is 5.02 Å². The van der Waals surface area contributed by atoms with Crippen molar-refractivity contribution in [2.75, 3.05) is 31.1 Å². The number of para-hydroxylation sites is 1. The van der Waals surface area contributed by atoms with E-state index in [0.29, 0.717) is 34.5 Å². The first-order valence-corrected chi connectivity index (χ1v) is 15.0. The van der Waals surface area contributed by atoms with Crippen molar-refractivity contribution in [2.45, 2.75) is 56.5 Å². The molecule has 3 amide bonds. The number of hydrogen-bond acceptors (Lipinski definition) is 7. The lowest BCUT2D eigenvalue weighted by molar-refractivity contribution is -0.158. The molecule has 0 aliphatic carbocycles. The molecule has 10 nitrogen and oxygen atoms in total. The molecule has 2 saturated heterocycles. The Morgan fingerprint density at radius 3 is 2.68 bits per heavy atom. The number of unbranched alkanes of at least 4 members (excludes halogenated alkanes) is 1. The summed E-state index contributed by atoms with van der Waals surface area (Å²) < 4.78 is 12.7. The summed E-state index contributed by atoms with van der Waals surface area (Å²) in [6.07, 6.45) is 5.51. The molecule has 5 rings (SSSR count). The van der Waals surface area contributed by atoms with E-state index < -0.39 is 47.6 Å². The zero-order valence-electron chi connectivity index (χ0n) is 22.6. The Bertz CT molecular complexity index is 1290. The zero-order chi connectivity index (χ0) is 29.3. The van der Waals surface area contributed by atoms with E-state index in [0.717, 1.165) is 0 Å². The number of halogens is 2. The molecule has 2 fully saturated rings. The summed E-state index contributed by atoms with van der Waals surface area (Å²) in [6, 6.07) is 5.86. The van der Waals surface area contributed by atoms with Gasteiger partial charge in [-0.05, 0) is 44.4 Å². The van der Waals surface area contributed by atoms with Gasteiger partial charge in [0, 0.05) is 30.6 Å². The van der Waals surface area contributed by atoms with Crippen LogP contribution >= 0.6 is 27.5 Å². The van der Waals surface area contributed by atoms with Gasteiger partial charge in [0.1, 0.15) is 29.8 Å². The van der Waals surface area contributed by atoms with Crippen molar-refractivity contribution in [3.63, 3.8) is 0 Å². The number of likely N-dealkylation sites (tertiary alicyclic amines) is 1. The number of anilines is 1. The molecule has 4 aliphatic rings. The van der Waals surface area contributed by atoms with Gasteiger partial charge in [-0.2, -0.15) is 0 Å². The number of esters is 1. The number of nitrogens with zero attached hydrogens (tertiary/aromatic N) is 2. The van der Waals surface area contributed by atoms with Crippen LogP contribution in [0.3, 0.4) is 0 Å². The van der Waals surface area contributed by atoms with Gasteiger partial charge in [-0.25, -0.2) is 0 Å². The molecule has 0 aromatic heterocycles. The molecule has 5 bridgehead atoms. The highest BCUT2D eigenvalue weighted by molar-refractivity contribution is 9.11. The van der Waals surface area contributed by atoms with Crippen molar-refractivity contribution < 1.29 is 33.8 Å². The van der Waals surface area contributed by atoms with E-state index in [1.54, 1.807) is 43.3 Å². The Balaban J connectivity index is 1.61. The topological polar surface area (TPSA) is 125 Å². The molecule has 0 unspecified atom stereocenters. The number of rotatable bonds is 5. The molecule has 0 saturated carbocycles. The summed E-state index contributed by atoms with van der Waals surface area (Å²) in [5.41, 5.74) is -0.947. The van der Waals surface area contributed by atoms with Crippen molar-refractivity contribution in [3.8, 4) is 0 Å². The first-order chi connectivity index (χ1) is 19.7. The summed E-state index contributed by atoms with van der Waals surface area (Å²) >= 11 is 10.1. The number of carbonyl (C=O) groups excluding carboxylic acids is 4. The average Bonchev–Trinajstić information content (AvgIpc) is 3.53. The second kappa shape index (κ2) is 12.2. The largest absolute Gasteiger partial charge is 0.460 e. The second-order valence-corrected chi connectivity index (χ2v) is 12.1. The van der Waals surface area contributed by atoms with Gasteiger partial charge in [-0.3, -0.25) is 19.2 Å². The summed E-state index contributed by atoms with van der Waals surface area (Å²) in [4.78, 5) is 57.7. The number of allylic oxidation sites excluding steroid dienone is 1. The maximum absolute atomic E-state index is 14.6. The monoisotopic (exact) mass is 649 g/mol. The van der Waals surface area contributed by atoms with Crippen LogP contribution < -0.4 is 10.2 Å². The van der Waals surface area contributed by atoms with E-state index in [9.17, 15) is 24.3 Å². The zero-order valence-corrected chi connectivity index (χ0v) is 25.0. The minimum absolute atomic E-state index is 0.0564. The van der Waals surface area contributed by atoms with Crippen molar-refractivity contribution in [3.05, 3.63) is 52.0 Å². The van der Waals surface area contributed by atoms with E-state index >= 15 is 0 Å². The lowest BCUT2D eigenvalue weighted by atomic mass is 9.74. The number of benzene rings is 1. The van der Waals surface area contributed by atoms with E-state index in [2.05, 4.69) is 21.2 Å². The molecule has 1 aromatic carbocycles. The van der Waals surface area contributed by atoms with Crippen molar-refractivity contribution in [1.29, 1.82) is 0 Å². The molecule has 1 spiro atoms.